The first-order chi connectivity index (χ1) is 5.25. The van der Waals surface area contributed by atoms with E-state index >= 15 is 0 Å². The van der Waals surface area contributed by atoms with Gasteiger partial charge in [0.15, 0.2) is 0 Å². The Bertz CT molecular complexity index is 255. The topological polar surface area (TPSA) is 16.1 Å². The molecule has 0 spiro atoms. The minimum atomic E-state index is 1.10. The molecule has 1 heterocycles. The van der Waals surface area contributed by atoms with Gasteiger partial charge < -0.3 is 4.90 Å². The van der Waals surface area contributed by atoms with Crippen LogP contribution >= 0.6 is 0 Å². The number of aryl methyl sites for hydroxylation is 1. The molecule has 0 aliphatic rings. The molecule has 0 N–H and O–H groups in total. The van der Waals surface area contributed by atoms with Crippen LogP contribution in [0.5, 0.6) is 0 Å². The molecule has 0 radical (unpaired) electrons. The monoisotopic (exact) mass is 148 g/mol. The Labute approximate surface area is 67.2 Å². The summed E-state index contributed by atoms with van der Waals surface area (Å²) in [5.41, 5.74) is 2.31. The highest BCUT2D eigenvalue weighted by Gasteiger charge is 1.98. The van der Waals surface area contributed by atoms with Gasteiger partial charge in [0, 0.05) is 13.2 Å². The predicted octanol–water partition coefficient (Wildman–Crippen LogP) is 1.97. The first-order valence-electron chi connectivity index (χ1n) is 3.51. The molecule has 0 aromatic carbocycles. The van der Waals surface area contributed by atoms with Gasteiger partial charge in [-0.15, -0.1) is 0 Å². The van der Waals surface area contributed by atoms with Crippen molar-refractivity contribution in [2.24, 2.45) is 0 Å². The standard InChI is InChI=1S/C9H12N2/c1-4-11(3)9-7-10-6-5-8(9)2/h4-7H,1H2,2-3H3. The summed E-state index contributed by atoms with van der Waals surface area (Å²) in [6.45, 7) is 5.73. The molecular formula is C9H12N2. The van der Waals surface area contributed by atoms with Crippen LogP contribution in [0.2, 0.25) is 0 Å². The highest BCUT2D eigenvalue weighted by atomic mass is 15.1. The number of aromatic nitrogens is 1. The second-order valence-corrected chi connectivity index (χ2v) is 2.46. The molecule has 2 heteroatoms. The highest BCUT2D eigenvalue weighted by Crippen LogP contribution is 2.15. The molecule has 1 aromatic heterocycles. The second kappa shape index (κ2) is 3.19. The maximum Gasteiger partial charge on any atom is 0.0619 e. The Morgan fingerprint density at radius 2 is 2.36 bits per heavy atom. The third-order valence-electron chi connectivity index (χ3n) is 1.67. The lowest BCUT2D eigenvalue weighted by Gasteiger charge is -2.14. The van der Waals surface area contributed by atoms with Gasteiger partial charge in [0.2, 0.25) is 0 Å². The Hall–Kier alpha value is -1.31. The Morgan fingerprint density at radius 1 is 1.64 bits per heavy atom. The summed E-state index contributed by atoms with van der Waals surface area (Å²) in [7, 11) is 1.96. The van der Waals surface area contributed by atoms with Crippen molar-refractivity contribution < 1.29 is 0 Å². The summed E-state index contributed by atoms with van der Waals surface area (Å²) < 4.78 is 0. The number of rotatable bonds is 2. The molecule has 0 saturated carbocycles. The Kier molecular flexibility index (Phi) is 2.26. The van der Waals surface area contributed by atoms with Crippen molar-refractivity contribution in [3.8, 4) is 0 Å². The maximum absolute atomic E-state index is 4.03. The molecule has 0 saturated heterocycles. The lowest BCUT2D eigenvalue weighted by molar-refractivity contribution is 1.15. The summed E-state index contributed by atoms with van der Waals surface area (Å²) in [6.07, 6.45) is 5.39. The van der Waals surface area contributed by atoms with Crippen LogP contribution < -0.4 is 4.90 Å². The van der Waals surface area contributed by atoms with Gasteiger partial charge in [-0.1, -0.05) is 6.58 Å². The fraction of sp³-hybridized carbons (Fsp3) is 0.222. The summed E-state index contributed by atoms with van der Waals surface area (Å²) in [5.74, 6) is 0. The fourth-order valence-electron chi connectivity index (χ4n) is 0.923. The molecular weight excluding hydrogens is 136 g/mol. The van der Waals surface area contributed by atoms with Gasteiger partial charge in [0.1, 0.15) is 0 Å². The number of hydrogen-bond acceptors (Lipinski definition) is 2. The van der Waals surface area contributed by atoms with E-state index < -0.39 is 0 Å². The van der Waals surface area contributed by atoms with Crippen LogP contribution in [-0.4, -0.2) is 12.0 Å². The molecule has 0 fully saturated rings. The SMILES string of the molecule is C=CN(C)c1cnccc1C. The summed E-state index contributed by atoms with van der Waals surface area (Å²) in [5, 5.41) is 0. The minimum Gasteiger partial charge on any atom is -0.350 e. The lowest BCUT2D eigenvalue weighted by atomic mass is 10.2. The van der Waals surface area contributed by atoms with E-state index in [1.54, 1.807) is 12.4 Å². The average Bonchev–Trinajstić information content (AvgIpc) is 2.04. The summed E-state index contributed by atoms with van der Waals surface area (Å²) in [4.78, 5) is 5.97. The molecule has 0 amide bonds. The molecule has 1 rings (SSSR count). The smallest absolute Gasteiger partial charge is 0.0619 e. The van der Waals surface area contributed by atoms with Crippen molar-refractivity contribution in [2.45, 2.75) is 6.92 Å². The number of nitrogens with zero attached hydrogens (tertiary/aromatic N) is 2. The molecule has 0 atom stereocenters. The fourth-order valence-corrected chi connectivity index (χ4v) is 0.923. The molecule has 1 aromatic rings. The molecule has 0 aliphatic carbocycles. The third kappa shape index (κ3) is 1.58. The van der Waals surface area contributed by atoms with E-state index in [-0.39, 0.29) is 0 Å². The van der Waals surface area contributed by atoms with Crippen molar-refractivity contribution in [1.29, 1.82) is 0 Å². The van der Waals surface area contributed by atoms with Crippen LogP contribution in [0, 0.1) is 6.92 Å². The first-order valence-corrected chi connectivity index (χ1v) is 3.51. The van der Waals surface area contributed by atoms with E-state index in [1.165, 1.54) is 5.56 Å². The zero-order chi connectivity index (χ0) is 8.27. The van der Waals surface area contributed by atoms with Crippen molar-refractivity contribution in [3.05, 3.63) is 36.8 Å². The van der Waals surface area contributed by atoms with Crippen molar-refractivity contribution in [3.63, 3.8) is 0 Å². The average molecular weight is 148 g/mol. The molecule has 2 nitrogen and oxygen atoms in total. The molecule has 0 bridgehead atoms. The maximum atomic E-state index is 4.03. The van der Waals surface area contributed by atoms with Crippen LogP contribution in [0.3, 0.4) is 0 Å². The number of pyridine rings is 1. The van der Waals surface area contributed by atoms with Crippen LogP contribution in [0.15, 0.2) is 31.2 Å². The lowest BCUT2D eigenvalue weighted by Crippen LogP contribution is -2.08. The van der Waals surface area contributed by atoms with Crippen molar-refractivity contribution in [2.75, 3.05) is 11.9 Å². The quantitative estimate of drug-likeness (QED) is 0.637. The van der Waals surface area contributed by atoms with E-state index in [2.05, 4.69) is 18.5 Å². The first kappa shape index (κ1) is 7.79. The van der Waals surface area contributed by atoms with Gasteiger partial charge >= 0.3 is 0 Å². The largest absolute Gasteiger partial charge is 0.350 e. The third-order valence-corrected chi connectivity index (χ3v) is 1.67. The van der Waals surface area contributed by atoms with Gasteiger partial charge in [-0.05, 0) is 24.8 Å². The molecule has 11 heavy (non-hydrogen) atoms. The molecule has 0 unspecified atom stereocenters. The zero-order valence-electron chi connectivity index (χ0n) is 6.91. The summed E-state index contributed by atoms with van der Waals surface area (Å²) in [6, 6.07) is 1.98. The van der Waals surface area contributed by atoms with E-state index in [0.29, 0.717) is 0 Å². The van der Waals surface area contributed by atoms with Gasteiger partial charge in [0.05, 0.1) is 11.9 Å². The van der Waals surface area contributed by atoms with E-state index in [1.807, 2.05) is 24.2 Å². The molecule has 58 valence electrons. The van der Waals surface area contributed by atoms with E-state index in [0.717, 1.165) is 5.69 Å². The van der Waals surface area contributed by atoms with Crippen LogP contribution in [0.4, 0.5) is 5.69 Å². The van der Waals surface area contributed by atoms with Gasteiger partial charge in [0.25, 0.3) is 0 Å². The van der Waals surface area contributed by atoms with E-state index in [4.69, 9.17) is 0 Å². The number of hydrogen-bond donors (Lipinski definition) is 0. The van der Waals surface area contributed by atoms with Crippen molar-refractivity contribution in [1.82, 2.24) is 4.98 Å². The number of anilines is 1. The van der Waals surface area contributed by atoms with Crippen LogP contribution in [0.25, 0.3) is 0 Å². The van der Waals surface area contributed by atoms with Gasteiger partial charge in [-0.2, -0.15) is 0 Å². The van der Waals surface area contributed by atoms with Crippen LogP contribution in [-0.2, 0) is 0 Å². The van der Waals surface area contributed by atoms with Crippen molar-refractivity contribution >= 4 is 5.69 Å². The highest BCUT2D eigenvalue weighted by molar-refractivity contribution is 5.52. The Balaban J connectivity index is 3.02. The normalized spacial score (nSPS) is 9.27. The predicted molar refractivity (Wildman–Crippen MR) is 47.6 cm³/mol. The van der Waals surface area contributed by atoms with Gasteiger partial charge in [-0.25, -0.2) is 0 Å². The zero-order valence-corrected chi connectivity index (χ0v) is 6.91. The Morgan fingerprint density at radius 3 is 2.91 bits per heavy atom. The van der Waals surface area contributed by atoms with E-state index in [9.17, 15) is 0 Å². The summed E-state index contributed by atoms with van der Waals surface area (Å²) >= 11 is 0. The van der Waals surface area contributed by atoms with Crippen LogP contribution in [0.1, 0.15) is 5.56 Å². The van der Waals surface area contributed by atoms with Gasteiger partial charge in [-0.3, -0.25) is 4.98 Å². The minimum absolute atomic E-state index is 1.10. The molecule has 0 aliphatic heterocycles. The second-order valence-electron chi connectivity index (χ2n) is 2.46.